The van der Waals surface area contributed by atoms with Crippen LogP contribution < -0.4 is 5.32 Å². The number of aryl methyl sites for hydroxylation is 1. The number of hydrogen-bond acceptors (Lipinski definition) is 5. The number of ether oxygens (including phenoxy) is 1. The fraction of sp³-hybridized carbons (Fsp3) is 0.765. The van der Waals surface area contributed by atoms with E-state index in [2.05, 4.69) is 31.9 Å². The van der Waals surface area contributed by atoms with Gasteiger partial charge in [-0.1, -0.05) is 0 Å². The summed E-state index contributed by atoms with van der Waals surface area (Å²) in [5.74, 6) is 2.82. The van der Waals surface area contributed by atoms with E-state index in [0.29, 0.717) is 6.54 Å². The monoisotopic (exact) mass is 476 g/mol. The first-order chi connectivity index (χ1) is 12.2. The van der Waals surface area contributed by atoms with E-state index in [1.54, 1.807) is 0 Å². The van der Waals surface area contributed by atoms with Crippen molar-refractivity contribution < 1.29 is 9.53 Å². The van der Waals surface area contributed by atoms with Crippen LogP contribution in [0.3, 0.4) is 0 Å². The molecule has 1 aromatic rings. The number of nitrogens with zero attached hydrogens (tertiary/aromatic N) is 5. The number of nitrogens with one attached hydrogen (secondary N) is 1. The fourth-order valence-electron chi connectivity index (χ4n) is 3.55. The van der Waals surface area contributed by atoms with Crippen molar-refractivity contribution in [3.63, 3.8) is 0 Å². The highest BCUT2D eigenvalue weighted by Gasteiger charge is 2.27. The third-order valence-electron chi connectivity index (χ3n) is 4.97. The van der Waals surface area contributed by atoms with Crippen LogP contribution in [0.25, 0.3) is 0 Å². The van der Waals surface area contributed by atoms with Crippen molar-refractivity contribution in [1.29, 1.82) is 0 Å². The predicted molar refractivity (Wildman–Crippen MR) is 110 cm³/mol. The summed E-state index contributed by atoms with van der Waals surface area (Å²) in [4.78, 5) is 18.7. The number of carbonyl (C=O) groups is 1. The van der Waals surface area contributed by atoms with Gasteiger partial charge in [0.15, 0.2) is 11.8 Å². The minimum atomic E-state index is -0.100. The molecule has 0 unspecified atom stereocenters. The third-order valence-corrected chi connectivity index (χ3v) is 4.97. The number of carbonyl (C=O) groups excluding carboxylic acids is 1. The second kappa shape index (κ2) is 10.1. The number of aliphatic imine (C=N–C) groups is 1. The van der Waals surface area contributed by atoms with E-state index < -0.39 is 0 Å². The normalized spacial score (nSPS) is 18.1. The number of guanidine groups is 1. The van der Waals surface area contributed by atoms with Gasteiger partial charge in [-0.2, -0.15) is 0 Å². The van der Waals surface area contributed by atoms with Crippen LogP contribution in [0.1, 0.15) is 44.3 Å². The second-order valence-corrected chi connectivity index (χ2v) is 6.60. The van der Waals surface area contributed by atoms with E-state index in [1.807, 2.05) is 0 Å². The molecule has 1 saturated heterocycles. The topological polar surface area (TPSA) is 84.6 Å². The maximum absolute atomic E-state index is 11.7. The first kappa shape index (κ1) is 20.9. The molecule has 9 heteroatoms. The van der Waals surface area contributed by atoms with Crippen LogP contribution in [0.5, 0.6) is 0 Å². The summed E-state index contributed by atoms with van der Waals surface area (Å²) < 4.78 is 7.07. The van der Waals surface area contributed by atoms with Crippen molar-refractivity contribution >= 4 is 35.9 Å². The number of likely N-dealkylation sites (tertiary alicyclic amines) is 1. The number of esters is 1. The maximum Gasteiger partial charge on any atom is 0.308 e. The molecule has 0 radical (unpaired) electrons. The molecule has 26 heavy (non-hydrogen) atoms. The second-order valence-electron chi connectivity index (χ2n) is 6.60. The van der Waals surface area contributed by atoms with Gasteiger partial charge in [-0.3, -0.25) is 4.79 Å². The lowest BCUT2D eigenvalue weighted by molar-refractivity contribution is -0.146. The highest BCUT2D eigenvalue weighted by atomic mass is 127. The number of rotatable bonds is 4. The van der Waals surface area contributed by atoms with E-state index in [4.69, 9.17) is 9.73 Å². The molecule has 3 rings (SSSR count). The summed E-state index contributed by atoms with van der Waals surface area (Å²) in [6.45, 7) is 6.02. The molecular formula is C17H29IN6O2. The van der Waals surface area contributed by atoms with Crippen LogP contribution >= 0.6 is 24.0 Å². The molecule has 8 nitrogen and oxygen atoms in total. The maximum atomic E-state index is 11.7. The lowest BCUT2D eigenvalue weighted by atomic mass is 9.97. The average Bonchev–Trinajstić information content (AvgIpc) is 3.08. The van der Waals surface area contributed by atoms with E-state index in [9.17, 15) is 4.79 Å². The first-order valence-corrected chi connectivity index (χ1v) is 9.25. The summed E-state index contributed by atoms with van der Waals surface area (Å²) in [6, 6.07) is 0. The first-order valence-electron chi connectivity index (χ1n) is 9.25. The van der Waals surface area contributed by atoms with Crippen LogP contribution in [0.4, 0.5) is 0 Å². The Bertz CT molecular complexity index is 625. The summed E-state index contributed by atoms with van der Waals surface area (Å²) in [7, 11) is 1.46. The zero-order valence-corrected chi connectivity index (χ0v) is 17.9. The molecular weight excluding hydrogens is 447 g/mol. The number of hydrogen-bond donors (Lipinski definition) is 1. The molecule has 0 amide bonds. The third kappa shape index (κ3) is 4.86. The molecule has 0 aliphatic carbocycles. The molecule has 0 atom stereocenters. The molecule has 2 aliphatic heterocycles. The number of halogens is 1. The van der Waals surface area contributed by atoms with Crippen LogP contribution in [0.15, 0.2) is 4.99 Å². The quantitative estimate of drug-likeness (QED) is 0.308. The molecule has 146 valence electrons. The number of methoxy groups -OCH3 is 1. The molecule has 0 saturated carbocycles. The van der Waals surface area contributed by atoms with Gasteiger partial charge < -0.3 is 19.5 Å². The molecule has 1 fully saturated rings. The van der Waals surface area contributed by atoms with Gasteiger partial charge in [0.05, 0.1) is 13.0 Å². The average molecular weight is 476 g/mol. The molecule has 0 spiro atoms. The highest BCUT2D eigenvalue weighted by Crippen LogP contribution is 2.19. The van der Waals surface area contributed by atoms with Crippen molar-refractivity contribution in [1.82, 2.24) is 25.0 Å². The number of aromatic nitrogens is 3. The Kier molecular flexibility index (Phi) is 8.11. The highest BCUT2D eigenvalue weighted by molar-refractivity contribution is 14.0. The molecule has 2 aliphatic rings. The smallest absolute Gasteiger partial charge is 0.308 e. The Morgan fingerprint density at radius 2 is 2.04 bits per heavy atom. The summed E-state index contributed by atoms with van der Waals surface area (Å²) in [5.41, 5.74) is 0. The fourth-order valence-corrected chi connectivity index (χ4v) is 3.55. The Hall–Kier alpha value is -1.39. The molecule has 1 aromatic heterocycles. The standard InChI is InChI=1S/C17H28N6O2.HI/c1-3-18-17(22-10-7-13(8-11-22)16(24)25-2)19-12-15-21-20-14-6-4-5-9-23(14)15;/h13H,3-12H2,1-2H3,(H,18,19);1H. The van der Waals surface area contributed by atoms with Gasteiger partial charge in [0.2, 0.25) is 0 Å². The summed E-state index contributed by atoms with van der Waals surface area (Å²) in [5, 5.41) is 12.0. The minimum absolute atomic E-state index is 0. The molecule has 1 N–H and O–H groups in total. The van der Waals surface area contributed by atoms with Crippen LogP contribution in [-0.4, -0.2) is 58.3 Å². The van der Waals surface area contributed by atoms with Gasteiger partial charge in [-0.25, -0.2) is 4.99 Å². The Morgan fingerprint density at radius 1 is 1.27 bits per heavy atom. The van der Waals surface area contributed by atoms with Crippen molar-refractivity contribution in [2.45, 2.75) is 52.1 Å². The SMILES string of the molecule is CCNC(=NCc1nnc2n1CCCC2)N1CCC(C(=O)OC)CC1.I. The Labute approximate surface area is 171 Å². The van der Waals surface area contributed by atoms with E-state index in [1.165, 1.54) is 20.0 Å². The van der Waals surface area contributed by atoms with Gasteiger partial charge in [-0.05, 0) is 32.6 Å². The van der Waals surface area contributed by atoms with Crippen LogP contribution in [0.2, 0.25) is 0 Å². The predicted octanol–water partition coefficient (Wildman–Crippen LogP) is 1.58. The molecule has 3 heterocycles. The van der Waals surface area contributed by atoms with Crippen LogP contribution in [-0.2, 0) is 29.0 Å². The lowest BCUT2D eigenvalue weighted by Gasteiger charge is -2.33. The van der Waals surface area contributed by atoms with E-state index >= 15 is 0 Å². The summed E-state index contributed by atoms with van der Waals surface area (Å²) in [6.07, 6.45) is 4.99. The van der Waals surface area contributed by atoms with E-state index in [-0.39, 0.29) is 35.9 Å². The zero-order chi connectivity index (χ0) is 17.6. The molecule has 0 aromatic carbocycles. The molecule has 0 bridgehead atoms. The number of piperidine rings is 1. The van der Waals surface area contributed by atoms with Gasteiger partial charge in [-0.15, -0.1) is 34.2 Å². The van der Waals surface area contributed by atoms with Crippen LogP contribution in [0, 0.1) is 5.92 Å². The van der Waals surface area contributed by atoms with E-state index in [0.717, 1.165) is 63.0 Å². The van der Waals surface area contributed by atoms with Crippen molar-refractivity contribution in [3.8, 4) is 0 Å². The minimum Gasteiger partial charge on any atom is -0.469 e. The summed E-state index contributed by atoms with van der Waals surface area (Å²) >= 11 is 0. The zero-order valence-electron chi connectivity index (χ0n) is 15.6. The van der Waals surface area contributed by atoms with Crippen molar-refractivity contribution in [2.24, 2.45) is 10.9 Å². The van der Waals surface area contributed by atoms with Gasteiger partial charge in [0.1, 0.15) is 12.4 Å². The van der Waals surface area contributed by atoms with Crippen molar-refractivity contribution in [3.05, 3.63) is 11.6 Å². The largest absolute Gasteiger partial charge is 0.469 e. The van der Waals surface area contributed by atoms with Crippen molar-refractivity contribution in [2.75, 3.05) is 26.7 Å². The van der Waals surface area contributed by atoms with Gasteiger partial charge >= 0.3 is 5.97 Å². The lowest BCUT2D eigenvalue weighted by Crippen LogP contribution is -2.46. The van der Waals surface area contributed by atoms with Gasteiger partial charge in [0.25, 0.3) is 0 Å². The Balaban J connectivity index is 0.00000243. The van der Waals surface area contributed by atoms with Gasteiger partial charge in [0, 0.05) is 32.6 Å². The Morgan fingerprint density at radius 3 is 2.73 bits per heavy atom. The number of fused-ring (bicyclic) bond motifs is 1.